The van der Waals surface area contributed by atoms with E-state index in [1.54, 1.807) is 0 Å². The number of aliphatic hydroxyl groups excluding tert-OH is 1. The maximum absolute atomic E-state index is 12.9. The van der Waals surface area contributed by atoms with Crippen LogP contribution in [0.2, 0.25) is 0 Å². The van der Waals surface area contributed by atoms with Crippen LogP contribution in [0, 0.1) is 0 Å². The molecule has 2 fully saturated rings. The minimum Gasteiger partial charge on any atom is -0.390 e. The molecule has 2 saturated heterocycles. The van der Waals surface area contributed by atoms with Gasteiger partial charge in [0.15, 0.2) is 15.0 Å². The summed E-state index contributed by atoms with van der Waals surface area (Å²) in [7, 11) is -3.20. The van der Waals surface area contributed by atoms with E-state index in [9.17, 15) is 26.7 Å². The number of hydrogen-bond donors (Lipinski definition) is 1. The molecule has 0 radical (unpaired) electrons. The second kappa shape index (κ2) is 6.57. The number of alkyl halides is 3. The molecule has 6 nitrogen and oxygen atoms in total. The van der Waals surface area contributed by atoms with E-state index >= 15 is 0 Å². The highest BCUT2D eigenvalue weighted by molar-refractivity contribution is 7.91. The van der Waals surface area contributed by atoms with Crippen LogP contribution in [0.4, 0.5) is 18.3 Å². The van der Waals surface area contributed by atoms with Gasteiger partial charge in [-0.15, -0.1) is 0 Å². The lowest BCUT2D eigenvalue weighted by Crippen LogP contribution is -2.53. The SMILES string of the molecule is O=S1(=O)C[C@@H](O)[C@H](N2CCN(c3nc4cc(C(F)(F)F)ccc4s3)CC2)C1. The molecule has 1 N–H and O–H groups in total. The highest BCUT2D eigenvalue weighted by Crippen LogP contribution is 2.35. The molecule has 0 spiro atoms. The molecule has 1 aromatic heterocycles. The number of sulfone groups is 1. The number of piperazine rings is 1. The fraction of sp³-hybridized carbons (Fsp3) is 0.562. The molecule has 148 valence electrons. The number of aromatic nitrogens is 1. The molecule has 0 saturated carbocycles. The monoisotopic (exact) mass is 421 g/mol. The molecule has 2 aromatic rings. The molecular weight excluding hydrogens is 403 g/mol. The second-order valence-electron chi connectivity index (χ2n) is 6.91. The van der Waals surface area contributed by atoms with Crippen LogP contribution in [0.15, 0.2) is 18.2 Å². The third kappa shape index (κ3) is 3.78. The van der Waals surface area contributed by atoms with Crippen molar-refractivity contribution in [3.05, 3.63) is 23.8 Å². The molecule has 27 heavy (non-hydrogen) atoms. The maximum Gasteiger partial charge on any atom is 0.416 e. The van der Waals surface area contributed by atoms with Gasteiger partial charge in [-0.1, -0.05) is 11.3 Å². The van der Waals surface area contributed by atoms with Crippen molar-refractivity contribution >= 4 is 36.5 Å². The van der Waals surface area contributed by atoms with Crippen LogP contribution in [0.5, 0.6) is 0 Å². The lowest BCUT2D eigenvalue weighted by molar-refractivity contribution is -0.137. The first-order chi connectivity index (χ1) is 12.6. The number of aliphatic hydroxyl groups is 1. The summed E-state index contributed by atoms with van der Waals surface area (Å²) < 4.78 is 62.6. The Bertz CT molecular complexity index is 953. The summed E-state index contributed by atoms with van der Waals surface area (Å²) in [5.74, 6) is -0.229. The van der Waals surface area contributed by atoms with Crippen molar-refractivity contribution in [2.24, 2.45) is 0 Å². The number of benzene rings is 1. The number of hydrogen-bond acceptors (Lipinski definition) is 7. The average Bonchev–Trinajstić information content (AvgIpc) is 3.13. The van der Waals surface area contributed by atoms with E-state index in [1.165, 1.54) is 17.4 Å². The fourth-order valence-corrected chi connectivity index (χ4v) is 6.46. The number of nitrogens with zero attached hydrogens (tertiary/aromatic N) is 3. The normalized spacial score (nSPS) is 26.7. The third-order valence-electron chi connectivity index (χ3n) is 5.05. The molecule has 0 bridgehead atoms. The van der Waals surface area contributed by atoms with Crippen LogP contribution in [0.1, 0.15) is 5.56 Å². The van der Waals surface area contributed by atoms with Crippen molar-refractivity contribution in [3.8, 4) is 0 Å². The maximum atomic E-state index is 12.9. The van der Waals surface area contributed by atoms with Crippen LogP contribution in [0.25, 0.3) is 10.2 Å². The van der Waals surface area contributed by atoms with Crippen molar-refractivity contribution in [2.45, 2.75) is 18.3 Å². The van der Waals surface area contributed by atoms with Gasteiger partial charge >= 0.3 is 6.18 Å². The largest absolute Gasteiger partial charge is 0.416 e. The van der Waals surface area contributed by atoms with Crippen molar-refractivity contribution in [1.82, 2.24) is 9.88 Å². The molecular formula is C16H18F3N3O3S2. The van der Waals surface area contributed by atoms with E-state index in [0.29, 0.717) is 41.5 Å². The second-order valence-corrected chi connectivity index (χ2v) is 10.1. The van der Waals surface area contributed by atoms with Gasteiger partial charge in [0.2, 0.25) is 0 Å². The Labute approximate surface area is 158 Å². The van der Waals surface area contributed by atoms with Crippen LogP contribution in [0.3, 0.4) is 0 Å². The number of rotatable bonds is 2. The quantitative estimate of drug-likeness (QED) is 0.794. The zero-order chi connectivity index (χ0) is 19.4. The topological polar surface area (TPSA) is 73.7 Å². The smallest absolute Gasteiger partial charge is 0.390 e. The van der Waals surface area contributed by atoms with Crippen molar-refractivity contribution in [1.29, 1.82) is 0 Å². The summed E-state index contributed by atoms with van der Waals surface area (Å²) in [6.45, 7) is 2.30. The van der Waals surface area contributed by atoms with E-state index in [0.717, 1.165) is 12.1 Å². The van der Waals surface area contributed by atoms with Gasteiger partial charge in [0.1, 0.15) is 0 Å². The Morgan fingerprint density at radius 3 is 2.44 bits per heavy atom. The predicted molar refractivity (Wildman–Crippen MR) is 96.9 cm³/mol. The van der Waals surface area contributed by atoms with E-state index in [2.05, 4.69) is 4.98 Å². The third-order valence-corrected chi connectivity index (χ3v) is 7.85. The summed E-state index contributed by atoms with van der Waals surface area (Å²) in [6.07, 6.45) is -5.27. The van der Waals surface area contributed by atoms with E-state index < -0.39 is 27.7 Å². The fourth-order valence-electron chi connectivity index (χ4n) is 3.63. The Morgan fingerprint density at radius 2 is 1.85 bits per heavy atom. The predicted octanol–water partition coefficient (Wildman–Crippen LogP) is 1.60. The average molecular weight is 421 g/mol. The first-order valence-corrected chi connectivity index (χ1v) is 11.1. The Balaban J connectivity index is 1.47. The molecule has 1 aromatic carbocycles. The van der Waals surface area contributed by atoms with Crippen molar-refractivity contribution in [2.75, 3.05) is 42.6 Å². The Kier molecular flexibility index (Phi) is 4.60. The lowest BCUT2D eigenvalue weighted by Gasteiger charge is -2.38. The highest BCUT2D eigenvalue weighted by atomic mass is 32.2. The molecule has 0 unspecified atom stereocenters. The summed E-state index contributed by atoms with van der Waals surface area (Å²) >= 11 is 1.34. The van der Waals surface area contributed by atoms with Gasteiger partial charge in [-0.05, 0) is 18.2 Å². The number of halogens is 3. The minimum absolute atomic E-state index is 0.0322. The Hall–Kier alpha value is -1.43. The lowest BCUT2D eigenvalue weighted by atomic mass is 10.1. The van der Waals surface area contributed by atoms with Gasteiger partial charge in [-0.3, -0.25) is 4.90 Å². The van der Waals surface area contributed by atoms with Gasteiger partial charge in [-0.2, -0.15) is 13.2 Å². The minimum atomic E-state index is -4.40. The van der Waals surface area contributed by atoms with Gasteiger partial charge in [-0.25, -0.2) is 13.4 Å². The van der Waals surface area contributed by atoms with Gasteiger partial charge in [0, 0.05) is 26.2 Å². The molecule has 2 aliphatic heterocycles. The summed E-state index contributed by atoms with van der Waals surface area (Å²) in [5.41, 5.74) is -0.391. The van der Waals surface area contributed by atoms with Crippen molar-refractivity contribution in [3.63, 3.8) is 0 Å². The number of fused-ring (bicyclic) bond motifs is 1. The van der Waals surface area contributed by atoms with Crippen LogP contribution in [-0.2, 0) is 16.0 Å². The highest BCUT2D eigenvalue weighted by Gasteiger charge is 2.41. The summed E-state index contributed by atoms with van der Waals surface area (Å²) in [4.78, 5) is 8.32. The first-order valence-electron chi connectivity index (χ1n) is 8.48. The number of thiazole rings is 1. The van der Waals surface area contributed by atoms with Gasteiger partial charge in [0.25, 0.3) is 0 Å². The summed E-state index contributed by atoms with van der Waals surface area (Å²) in [6, 6.07) is 3.17. The summed E-state index contributed by atoms with van der Waals surface area (Å²) in [5, 5.41) is 10.7. The molecule has 2 atom stereocenters. The van der Waals surface area contributed by atoms with Gasteiger partial charge in [0.05, 0.1) is 39.4 Å². The molecule has 11 heteroatoms. The first kappa shape index (κ1) is 18.9. The van der Waals surface area contributed by atoms with E-state index in [-0.39, 0.29) is 17.5 Å². The molecule has 4 rings (SSSR count). The Morgan fingerprint density at radius 1 is 1.15 bits per heavy atom. The molecule has 0 amide bonds. The van der Waals surface area contributed by atoms with Crippen LogP contribution < -0.4 is 4.90 Å². The standard InChI is InChI=1S/C16H18F3N3O3S2/c17-16(18,19)10-1-2-14-11(7-10)20-15(26-14)22-5-3-21(4-6-22)12-8-27(24,25)9-13(12)23/h1-2,7,12-13,23H,3-6,8-9H2/t12-,13-/m1/s1. The molecule has 2 aliphatic rings. The van der Waals surface area contributed by atoms with Crippen LogP contribution >= 0.6 is 11.3 Å². The zero-order valence-corrected chi connectivity index (χ0v) is 15.8. The van der Waals surface area contributed by atoms with E-state index in [4.69, 9.17) is 0 Å². The zero-order valence-electron chi connectivity index (χ0n) is 14.2. The molecule has 0 aliphatic carbocycles. The van der Waals surface area contributed by atoms with Crippen molar-refractivity contribution < 1.29 is 26.7 Å². The van der Waals surface area contributed by atoms with Crippen LogP contribution in [-0.4, -0.2) is 73.2 Å². The molecule has 3 heterocycles. The number of anilines is 1. The van der Waals surface area contributed by atoms with Gasteiger partial charge < -0.3 is 10.0 Å². The van der Waals surface area contributed by atoms with E-state index in [1.807, 2.05) is 9.80 Å².